The Hall–Kier alpha value is -2.02. The summed E-state index contributed by atoms with van der Waals surface area (Å²) in [5.74, 6) is 0.819. The molecule has 2 N–H and O–H groups in total. The molecule has 1 aliphatic heterocycles. The number of nitrogens with zero attached hydrogens (tertiary/aromatic N) is 1. The maximum Gasteiger partial charge on any atom is 0.278 e. The molecule has 0 spiro atoms. The Balaban J connectivity index is 1.89. The Morgan fingerprint density at radius 3 is 3.00 bits per heavy atom. The van der Waals surface area contributed by atoms with Gasteiger partial charge in [-0.25, -0.2) is 0 Å². The summed E-state index contributed by atoms with van der Waals surface area (Å²) in [5.41, 5.74) is 1.54. The monoisotopic (exact) mass is 265 g/mol. The molecule has 1 aliphatic rings. The fraction of sp³-hybridized carbons (Fsp3) is 0.182. The van der Waals surface area contributed by atoms with Gasteiger partial charge in [0.05, 0.1) is 12.8 Å². The van der Waals surface area contributed by atoms with Gasteiger partial charge in [0.25, 0.3) is 10.0 Å². The second-order valence-corrected chi connectivity index (χ2v) is 5.60. The number of rotatable bonds is 3. The first-order valence-corrected chi connectivity index (χ1v) is 6.91. The third-order valence-corrected chi connectivity index (χ3v) is 4.02. The number of fused-ring (bicyclic) bond motifs is 1. The van der Waals surface area contributed by atoms with Crippen molar-refractivity contribution in [2.75, 3.05) is 11.3 Å². The van der Waals surface area contributed by atoms with Crippen molar-refractivity contribution in [1.82, 2.24) is 10.2 Å². The highest BCUT2D eigenvalue weighted by Crippen LogP contribution is 2.28. The lowest BCUT2D eigenvalue weighted by atomic mass is 10.1. The van der Waals surface area contributed by atoms with E-state index >= 15 is 0 Å². The molecule has 0 fully saturated rings. The summed E-state index contributed by atoms with van der Waals surface area (Å²) in [7, 11) is -3.60. The highest BCUT2D eigenvalue weighted by atomic mass is 32.2. The summed E-state index contributed by atoms with van der Waals surface area (Å²) in [4.78, 5) is 0. The summed E-state index contributed by atoms with van der Waals surface area (Å²) in [5, 5.41) is 6.09. The standard InChI is InChI=1S/C11H11N3O3S/c15-18(16,11-3-5-12-13-11)14-9-1-2-10-8(7-9)4-6-17-10/h1-3,5,7,14H,4,6H2,(H,12,13). The van der Waals surface area contributed by atoms with Crippen molar-refractivity contribution in [3.63, 3.8) is 0 Å². The summed E-state index contributed by atoms with van der Waals surface area (Å²) < 4.78 is 31.8. The maximum absolute atomic E-state index is 11.9. The van der Waals surface area contributed by atoms with E-state index in [2.05, 4.69) is 14.9 Å². The highest BCUT2D eigenvalue weighted by molar-refractivity contribution is 7.92. The molecule has 2 aromatic rings. The quantitative estimate of drug-likeness (QED) is 0.871. The number of anilines is 1. The van der Waals surface area contributed by atoms with Crippen LogP contribution in [0.3, 0.4) is 0 Å². The molecule has 7 heteroatoms. The molecule has 0 saturated heterocycles. The van der Waals surface area contributed by atoms with Gasteiger partial charge in [-0.15, -0.1) is 0 Å². The van der Waals surface area contributed by atoms with Crippen LogP contribution in [-0.4, -0.2) is 25.2 Å². The number of aromatic amines is 1. The van der Waals surface area contributed by atoms with Gasteiger partial charge in [-0.1, -0.05) is 0 Å². The van der Waals surface area contributed by atoms with Crippen molar-refractivity contribution in [3.05, 3.63) is 36.0 Å². The van der Waals surface area contributed by atoms with E-state index in [9.17, 15) is 8.42 Å². The molecule has 0 atom stereocenters. The molecule has 2 heterocycles. The van der Waals surface area contributed by atoms with E-state index in [1.807, 2.05) is 0 Å². The fourth-order valence-corrected chi connectivity index (χ4v) is 2.81. The smallest absolute Gasteiger partial charge is 0.278 e. The minimum Gasteiger partial charge on any atom is -0.493 e. The van der Waals surface area contributed by atoms with Crippen LogP contribution in [0.25, 0.3) is 0 Å². The van der Waals surface area contributed by atoms with Gasteiger partial charge < -0.3 is 4.74 Å². The van der Waals surface area contributed by atoms with Crippen molar-refractivity contribution in [1.29, 1.82) is 0 Å². The third kappa shape index (κ3) is 1.92. The molecule has 94 valence electrons. The highest BCUT2D eigenvalue weighted by Gasteiger charge is 2.17. The van der Waals surface area contributed by atoms with E-state index in [-0.39, 0.29) is 5.03 Å². The molecule has 1 aromatic heterocycles. The van der Waals surface area contributed by atoms with E-state index in [1.54, 1.807) is 18.2 Å². The molecule has 0 saturated carbocycles. The van der Waals surface area contributed by atoms with E-state index in [0.29, 0.717) is 12.3 Å². The van der Waals surface area contributed by atoms with Crippen LogP contribution in [0.4, 0.5) is 5.69 Å². The van der Waals surface area contributed by atoms with Crippen molar-refractivity contribution in [3.8, 4) is 5.75 Å². The fourth-order valence-electron chi connectivity index (χ4n) is 1.85. The number of H-pyrrole nitrogens is 1. The average Bonchev–Trinajstić information content (AvgIpc) is 2.99. The van der Waals surface area contributed by atoms with Crippen LogP contribution in [0.5, 0.6) is 5.75 Å². The number of sulfonamides is 1. The van der Waals surface area contributed by atoms with Gasteiger partial charge in [-0.2, -0.15) is 13.5 Å². The number of hydrogen-bond donors (Lipinski definition) is 2. The molecule has 0 radical (unpaired) electrons. The lowest BCUT2D eigenvalue weighted by Gasteiger charge is -2.07. The van der Waals surface area contributed by atoms with Crippen molar-refractivity contribution in [2.45, 2.75) is 11.4 Å². The van der Waals surface area contributed by atoms with Crippen LogP contribution in [0, 0.1) is 0 Å². The molecule has 0 amide bonds. The molecule has 18 heavy (non-hydrogen) atoms. The summed E-state index contributed by atoms with van der Waals surface area (Å²) in [6.45, 7) is 0.645. The molecular formula is C11H11N3O3S. The van der Waals surface area contributed by atoms with E-state index in [4.69, 9.17) is 4.74 Å². The predicted octanol–water partition coefficient (Wildman–Crippen LogP) is 1.15. The van der Waals surface area contributed by atoms with Gasteiger partial charge in [0.1, 0.15) is 5.75 Å². The molecule has 6 nitrogen and oxygen atoms in total. The molecule has 1 aromatic carbocycles. The lowest BCUT2D eigenvalue weighted by molar-refractivity contribution is 0.357. The van der Waals surface area contributed by atoms with Gasteiger partial charge in [-0.3, -0.25) is 9.82 Å². The van der Waals surface area contributed by atoms with Crippen molar-refractivity contribution in [2.24, 2.45) is 0 Å². The van der Waals surface area contributed by atoms with Crippen LogP contribution in [-0.2, 0) is 16.4 Å². The first kappa shape index (κ1) is 11.1. The van der Waals surface area contributed by atoms with E-state index < -0.39 is 10.0 Å². The third-order valence-electron chi connectivity index (χ3n) is 2.71. The summed E-state index contributed by atoms with van der Waals surface area (Å²) in [6.07, 6.45) is 2.19. The molecular weight excluding hydrogens is 254 g/mol. The van der Waals surface area contributed by atoms with Crippen LogP contribution in [0.15, 0.2) is 35.5 Å². The number of hydrogen-bond acceptors (Lipinski definition) is 4. The van der Waals surface area contributed by atoms with Crippen LogP contribution >= 0.6 is 0 Å². The second-order valence-electron chi connectivity index (χ2n) is 3.95. The number of nitrogens with one attached hydrogen (secondary N) is 2. The lowest BCUT2D eigenvalue weighted by Crippen LogP contribution is -2.13. The number of aromatic nitrogens is 2. The number of ether oxygens (including phenoxy) is 1. The summed E-state index contributed by atoms with van der Waals surface area (Å²) >= 11 is 0. The normalized spacial score (nSPS) is 14.0. The van der Waals surface area contributed by atoms with Gasteiger partial charge in [0.15, 0.2) is 5.03 Å². The zero-order valence-corrected chi connectivity index (χ0v) is 10.2. The largest absolute Gasteiger partial charge is 0.493 e. The van der Waals surface area contributed by atoms with Gasteiger partial charge in [0, 0.05) is 12.1 Å². The zero-order valence-electron chi connectivity index (χ0n) is 9.38. The van der Waals surface area contributed by atoms with Gasteiger partial charge in [-0.05, 0) is 29.8 Å². The number of benzene rings is 1. The van der Waals surface area contributed by atoms with Crippen LogP contribution < -0.4 is 9.46 Å². The molecule has 3 rings (SSSR count). The minimum absolute atomic E-state index is 0.0410. The van der Waals surface area contributed by atoms with Crippen LogP contribution in [0.2, 0.25) is 0 Å². The average molecular weight is 265 g/mol. The molecule has 0 unspecified atom stereocenters. The van der Waals surface area contributed by atoms with Gasteiger partial charge >= 0.3 is 0 Å². The Morgan fingerprint density at radius 2 is 2.22 bits per heavy atom. The predicted molar refractivity (Wildman–Crippen MR) is 65.0 cm³/mol. The maximum atomic E-state index is 11.9. The molecule has 0 bridgehead atoms. The Morgan fingerprint density at radius 1 is 1.33 bits per heavy atom. The minimum atomic E-state index is -3.60. The van der Waals surface area contributed by atoms with Crippen molar-refractivity contribution < 1.29 is 13.2 Å². The first-order valence-electron chi connectivity index (χ1n) is 5.43. The zero-order chi connectivity index (χ0) is 12.6. The van der Waals surface area contributed by atoms with Crippen molar-refractivity contribution >= 4 is 15.7 Å². The van der Waals surface area contributed by atoms with E-state index in [0.717, 1.165) is 17.7 Å². The topological polar surface area (TPSA) is 84.1 Å². The van der Waals surface area contributed by atoms with Crippen LogP contribution in [0.1, 0.15) is 5.56 Å². The Bertz CT molecular complexity index is 665. The first-order chi connectivity index (χ1) is 8.65. The summed E-state index contributed by atoms with van der Waals surface area (Å²) in [6, 6.07) is 6.64. The van der Waals surface area contributed by atoms with Gasteiger partial charge in [0.2, 0.25) is 0 Å². The Labute approximate surface area is 104 Å². The SMILES string of the molecule is O=S(=O)(Nc1ccc2c(c1)CCO2)c1ccn[nH]1. The van der Waals surface area contributed by atoms with E-state index in [1.165, 1.54) is 12.3 Å². The Kier molecular flexibility index (Phi) is 2.48. The molecule has 0 aliphatic carbocycles. The second kappa shape index (κ2) is 4.02.